The zero-order valence-electron chi connectivity index (χ0n) is 11.2. The van der Waals surface area contributed by atoms with Crippen molar-refractivity contribution in [3.05, 3.63) is 22.5 Å². The van der Waals surface area contributed by atoms with Crippen LogP contribution in [0.25, 0.3) is 10.2 Å². The van der Waals surface area contributed by atoms with Crippen LogP contribution < -0.4 is 5.32 Å². The first-order valence-electron chi connectivity index (χ1n) is 6.35. The summed E-state index contributed by atoms with van der Waals surface area (Å²) in [6, 6.07) is 2.15. The van der Waals surface area contributed by atoms with Crippen LogP contribution in [0.3, 0.4) is 0 Å². The third-order valence-electron chi connectivity index (χ3n) is 2.61. The lowest BCUT2D eigenvalue weighted by atomic mass is 10.4. The fourth-order valence-corrected chi connectivity index (χ4v) is 4.33. The second kappa shape index (κ2) is 6.07. The molecule has 0 radical (unpaired) electrons. The summed E-state index contributed by atoms with van der Waals surface area (Å²) in [6.45, 7) is 5.12. The van der Waals surface area contributed by atoms with E-state index < -0.39 is 0 Å². The summed E-state index contributed by atoms with van der Waals surface area (Å²) >= 11 is 4.94. The second-order valence-electron chi connectivity index (χ2n) is 4.26. The smallest absolute Gasteiger partial charge is 0.225 e. The molecule has 0 spiro atoms. The molecule has 104 valence electrons. The number of thiophene rings is 1. The van der Waals surface area contributed by atoms with Crippen LogP contribution in [0.1, 0.15) is 18.2 Å². The topological polar surface area (TPSA) is 50.7 Å². The van der Waals surface area contributed by atoms with Crippen LogP contribution in [0.15, 0.2) is 27.0 Å². The molecule has 7 heteroatoms. The van der Waals surface area contributed by atoms with Gasteiger partial charge >= 0.3 is 0 Å². The Kier molecular flexibility index (Phi) is 4.18. The van der Waals surface area contributed by atoms with Crippen molar-refractivity contribution in [3.8, 4) is 0 Å². The van der Waals surface area contributed by atoms with Crippen LogP contribution in [-0.4, -0.2) is 21.5 Å². The molecule has 0 amide bonds. The largest absolute Gasteiger partial charge is 0.354 e. The van der Waals surface area contributed by atoms with E-state index in [0.29, 0.717) is 5.95 Å². The highest BCUT2D eigenvalue weighted by molar-refractivity contribution is 8.01. The van der Waals surface area contributed by atoms with Gasteiger partial charge in [-0.1, -0.05) is 6.92 Å². The predicted octanol–water partition coefficient (Wildman–Crippen LogP) is 4.43. The van der Waals surface area contributed by atoms with Gasteiger partial charge in [-0.2, -0.15) is 0 Å². The van der Waals surface area contributed by atoms with Crippen molar-refractivity contribution in [3.63, 3.8) is 0 Å². The summed E-state index contributed by atoms with van der Waals surface area (Å²) in [7, 11) is 0. The summed E-state index contributed by atoms with van der Waals surface area (Å²) in [5.41, 5.74) is 0. The van der Waals surface area contributed by atoms with Crippen LogP contribution >= 0.6 is 34.4 Å². The number of nitrogens with one attached hydrogen (secondary N) is 1. The first kappa shape index (κ1) is 13.8. The van der Waals surface area contributed by atoms with Gasteiger partial charge < -0.3 is 5.32 Å². The Morgan fingerprint density at radius 2 is 2.25 bits per heavy atom. The Morgan fingerprint density at radius 3 is 3.00 bits per heavy atom. The molecule has 20 heavy (non-hydrogen) atoms. The lowest BCUT2D eigenvalue weighted by molar-refractivity contribution is 0.947. The fraction of sp³-hybridized carbons (Fsp3) is 0.308. The summed E-state index contributed by atoms with van der Waals surface area (Å²) < 4.78 is 1.01. The number of hydrogen-bond acceptors (Lipinski definition) is 7. The lowest BCUT2D eigenvalue weighted by Gasteiger charge is -2.05. The third kappa shape index (κ3) is 2.94. The van der Waals surface area contributed by atoms with Crippen molar-refractivity contribution in [2.24, 2.45) is 0 Å². The van der Waals surface area contributed by atoms with Crippen molar-refractivity contribution in [1.82, 2.24) is 15.0 Å². The number of rotatable bonds is 5. The number of nitrogens with zero attached hydrogens (tertiary/aromatic N) is 3. The molecule has 0 unspecified atom stereocenters. The van der Waals surface area contributed by atoms with Gasteiger partial charge in [-0.15, -0.1) is 22.7 Å². The van der Waals surface area contributed by atoms with Crippen LogP contribution in [0.5, 0.6) is 0 Å². The van der Waals surface area contributed by atoms with E-state index in [1.807, 2.05) is 11.6 Å². The van der Waals surface area contributed by atoms with Crippen LogP contribution in [0.4, 0.5) is 5.95 Å². The van der Waals surface area contributed by atoms with E-state index in [1.54, 1.807) is 34.4 Å². The molecule has 3 heterocycles. The van der Waals surface area contributed by atoms with Crippen molar-refractivity contribution >= 4 is 50.6 Å². The lowest BCUT2D eigenvalue weighted by Crippen LogP contribution is -2.04. The summed E-state index contributed by atoms with van der Waals surface area (Å²) in [4.78, 5) is 15.8. The number of anilines is 1. The number of aromatic nitrogens is 3. The summed E-state index contributed by atoms with van der Waals surface area (Å²) in [5, 5.41) is 7.35. The van der Waals surface area contributed by atoms with Gasteiger partial charge in [-0.3, -0.25) is 0 Å². The Hall–Kier alpha value is -1.18. The average Bonchev–Trinajstić information content (AvgIpc) is 3.05. The molecule has 0 saturated heterocycles. The van der Waals surface area contributed by atoms with Crippen LogP contribution in [-0.2, 0) is 0 Å². The van der Waals surface area contributed by atoms with E-state index in [4.69, 9.17) is 0 Å². The molecular formula is C13H14N4S3. The van der Waals surface area contributed by atoms with E-state index in [9.17, 15) is 0 Å². The highest BCUT2D eigenvalue weighted by atomic mass is 32.2. The van der Waals surface area contributed by atoms with E-state index in [-0.39, 0.29) is 0 Å². The summed E-state index contributed by atoms with van der Waals surface area (Å²) in [6.07, 6.45) is 2.88. The Bertz CT molecular complexity index is 706. The van der Waals surface area contributed by atoms with Gasteiger partial charge in [0.25, 0.3) is 0 Å². The first-order chi connectivity index (χ1) is 9.76. The van der Waals surface area contributed by atoms with Crippen molar-refractivity contribution in [1.29, 1.82) is 0 Å². The second-order valence-corrected chi connectivity index (χ2v) is 7.62. The molecular weight excluding hydrogens is 308 g/mol. The highest BCUT2D eigenvalue weighted by Crippen LogP contribution is 2.36. The minimum absolute atomic E-state index is 0.709. The molecule has 3 aromatic heterocycles. The van der Waals surface area contributed by atoms with E-state index >= 15 is 0 Å². The van der Waals surface area contributed by atoms with Crippen LogP contribution in [0.2, 0.25) is 0 Å². The van der Waals surface area contributed by atoms with Gasteiger partial charge in [0, 0.05) is 28.4 Å². The maximum atomic E-state index is 4.64. The molecule has 1 N–H and O–H groups in total. The SMILES string of the molecule is CCCNc1nc(Sc2nccs2)c2cc(C)sc2n1. The minimum atomic E-state index is 0.709. The molecule has 0 saturated carbocycles. The fourth-order valence-electron chi connectivity index (χ4n) is 1.75. The number of thiazole rings is 1. The molecule has 0 fully saturated rings. The monoisotopic (exact) mass is 322 g/mol. The molecule has 0 atom stereocenters. The zero-order chi connectivity index (χ0) is 13.9. The van der Waals surface area contributed by atoms with Gasteiger partial charge in [0.15, 0.2) is 4.34 Å². The molecule has 0 aliphatic rings. The first-order valence-corrected chi connectivity index (χ1v) is 8.87. The number of fused-ring (bicyclic) bond motifs is 1. The van der Waals surface area contributed by atoms with Gasteiger partial charge in [0.1, 0.15) is 9.86 Å². The van der Waals surface area contributed by atoms with E-state index in [1.165, 1.54) is 4.88 Å². The maximum Gasteiger partial charge on any atom is 0.225 e. The minimum Gasteiger partial charge on any atom is -0.354 e. The van der Waals surface area contributed by atoms with Gasteiger partial charge in [-0.05, 0) is 31.2 Å². The molecule has 3 aromatic rings. The molecule has 4 nitrogen and oxygen atoms in total. The number of hydrogen-bond donors (Lipinski definition) is 1. The Morgan fingerprint density at radius 1 is 1.35 bits per heavy atom. The van der Waals surface area contributed by atoms with Crippen LogP contribution in [0, 0.1) is 6.92 Å². The molecule has 0 aliphatic heterocycles. The predicted molar refractivity (Wildman–Crippen MR) is 87.2 cm³/mol. The average molecular weight is 322 g/mol. The molecule has 0 aliphatic carbocycles. The van der Waals surface area contributed by atoms with Gasteiger partial charge in [-0.25, -0.2) is 15.0 Å². The quantitative estimate of drug-likeness (QED) is 0.704. The third-order valence-corrected chi connectivity index (χ3v) is 5.44. The summed E-state index contributed by atoms with van der Waals surface area (Å²) in [5.74, 6) is 0.709. The number of aryl methyl sites for hydroxylation is 1. The van der Waals surface area contributed by atoms with Crippen molar-refractivity contribution in [2.75, 3.05) is 11.9 Å². The van der Waals surface area contributed by atoms with Crippen molar-refractivity contribution in [2.45, 2.75) is 29.6 Å². The van der Waals surface area contributed by atoms with E-state index in [2.05, 4.69) is 40.2 Å². The Labute approximate surface area is 129 Å². The zero-order valence-corrected chi connectivity index (χ0v) is 13.7. The maximum absolute atomic E-state index is 4.64. The standard InChI is InChI=1S/C13H14N4S3/c1-3-4-14-12-16-10-9(7-8(2)19-10)11(17-12)20-13-15-5-6-18-13/h5-7H,3-4H2,1-2H3,(H,14,16,17). The van der Waals surface area contributed by atoms with Crippen molar-refractivity contribution < 1.29 is 0 Å². The highest BCUT2D eigenvalue weighted by Gasteiger charge is 2.12. The molecule has 0 bridgehead atoms. The molecule has 3 rings (SSSR count). The van der Waals surface area contributed by atoms with Gasteiger partial charge in [0.05, 0.1) is 0 Å². The van der Waals surface area contributed by atoms with E-state index in [0.717, 1.165) is 32.5 Å². The molecule has 0 aromatic carbocycles. The normalized spacial score (nSPS) is 11.1. The van der Waals surface area contributed by atoms with Gasteiger partial charge in [0.2, 0.25) is 5.95 Å². The Balaban J connectivity index is 2.02.